The van der Waals surface area contributed by atoms with Crippen molar-refractivity contribution in [1.29, 1.82) is 0 Å². The van der Waals surface area contributed by atoms with E-state index in [0.29, 0.717) is 52.2 Å². The molecule has 4 aromatic rings. The van der Waals surface area contributed by atoms with Crippen LogP contribution in [-0.4, -0.2) is 32.7 Å². The summed E-state index contributed by atoms with van der Waals surface area (Å²) in [6.45, 7) is 6.78. The van der Waals surface area contributed by atoms with Crippen molar-refractivity contribution < 1.29 is 31.1 Å². The maximum atomic E-state index is 13.9. The molecule has 0 bridgehead atoms. The molecule has 0 aliphatic rings. The molecule has 0 saturated carbocycles. The molecule has 0 unspecified atom stereocenters. The van der Waals surface area contributed by atoms with Gasteiger partial charge in [-0.2, -0.15) is 31.4 Å². The normalized spacial score (nSPS) is 12.7. The van der Waals surface area contributed by atoms with Crippen molar-refractivity contribution in [2.24, 2.45) is 0 Å². The summed E-state index contributed by atoms with van der Waals surface area (Å²) < 4.78 is 82.8. The number of carbonyl (C=O) groups is 1. The number of nitrogens with zero attached hydrogens (tertiary/aromatic N) is 5. The number of hydrogen-bond donors (Lipinski definition) is 0. The molecule has 39 heavy (non-hydrogen) atoms. The van der Waals surface area contributed by atoms with Gasteiger partial charge in [0.25, 0.3) is 0 Å². The summed E-state index contributed by atoms with van der Waals surface area (Å²) in [4.78, 5) is 23.9. The van der Waals surface area contributed by atoms with Crippen LogP contribution in [0.4, 0.5) is 32.0 Å². The highest BCUT2D eigenvalue weighted by Crippen LogP contribution is 2.42. The largest absolute Gasteiger partial charge is 0.416 e. The number of fused-ring (bicyclic) bond motifs is 1. The van der Waals surface area contributed by atoms with E-state index in [1.807, 2.05) is 6.92 Å². The Morgan fingerprint density at radius 2 is 1.54 bits per heavy atom. The van der Waals surface area contributed by atoms with Crippen molar-refractivity contribution in [2.75, 3.05) is 11.9 Å². The Balaban J connectivity index is 1.89. The number of aromatic nitrogens is 4. The van der Waals surface area contributed by atoms with Crippen LogP contribution < -0.4 is 4.90 Å². The topological polar surface area (TPSA) is 63.9 Å². The van der Waals surface area contributed by atoms with Gasteiger partial charge in [0.2, 0.25) is 5.91 Å². The van der Waals surface area contributed by atoms with Crippen molar-refractivity contribution in [3.05, 3.63) is 71.3 Å². The van der Waals surface area contributed by atoms with Gasteiger partial charge in [-0.1, -0.05) is 6.07 Å². The number of hydrogen-bond acceptors (Lipinski definition) is 4. The molecule has 0 radical (unpaired) electrons. The molecule has 1 amide bonds. The molecule has 1 aromatic carbocycles. The van der Waals surface area contributed by atoms with E-state index in [1.165, 1.54) is 32.0 Å². The number of likely N-dealkylation sites (N-methyl/N-ethyl adjacent to an activating group) is 1. The molecule has 3 aromatic heterocycles. The van der Waals surface area contributed by atoms with Crippen molar-refractivity contribution >= 4 is 22.6 Å². The fourth-order valence-corrected chi connectivity index (χ4v) is 4.50. The molecule has 0 aliphatic heterocycles. The van der Waals surface area contributed by atoms with Crippen molar-refractivity contribution in [1.82, 2.24) is 19.7 Å². The van der Waals surface area contributed by atoms with Gasteiger partial charge in [0.1, 0.15) is 0 Å². The minimum absolute atomic E-state index is 0.0420. The van der Waals surface area contributed by atoms with Crippen molar-refractivity contribution in [2.45, 2.75) is 52.0 Å². The Labute approximate surface area is 220 Å². The van der Waals surface area contributed by atoms with Gasteiger partial charge in [0, 0.05) is 42.0 Å². The first-order chi connectivity index (χ1) is 18.1. The maximum absolute atomic E-state index is 13.9. The van der Waals surface area contributed by atoms with Crippen LogP contribution in [0.3, 0.4) is 0 Å². The zero-order chi connectivity index (χ0) is 28.9. The van der Waals surface area contributed by atoms with Gasteiger partial charge in [0.15, 0.2) is 5.65 Å². The van der Waals surface area contributed by atoms with Crippen molar-refractivity contribution in [3.63, 3.8) is 0 Å². The highest BCUT2D eigenvalue weighted by Gasteiger charge is 2.41. The van der Waals surface area contributed by atoms with E-state index in [-0.39, 0.29) is 6.07 Å². The minimum atomic E-state index is -5.04. The maximum Gasteiger partial charge on any atom is 0.416 e. The smallest absolute Gasteiger partial charge is 0.313 e. The van der Waals surface area contributed by atoms with Gasteiger partial charge in [-0.15, -0.1) is 0 Å². The van der Waals surface area contributed by atoms with Gasteiger partial charge in [-0.25, -0.2) is 9.67 Å². The number of pyridine rings is 2. The Hall–Kier alpha value is -3.96. The number of rotatable bonds is 5. The average Bonchev–Trinajstić information content (AvgIpc) is 3.29. The SMILES string of the molecule is CCn1ncc2c(-c3cccnc3C)c(N(C)C(=O)C(C)(C)c3cc(C(F)(F)F)cc(C(F)(F)F)c3)cnc21. The molecule has 0 saturated heterocycles. The fraction of sp³-hybridized carbons (Fsp3) is 0.333. The number of anilines is 1. The van der Waals surface area contributed by atoms with Crippen LogP contribution in [0.25, 0.3) is 22.2 Å². The summed E-state index contributed by atoms with van der Waals surface area (Å²) in [7, 11) is 1.41. The lowest BCUT2D eigenvalue weighted by molar-refractivity contribution is -0.143. The molecule has 4 rings (SSSR count). The standard InChI is InChI=1S/C27H25F6N5O/c1-6-38-23-20(13-36-38)22(19-8-7-9-34-15(19)2)21(14-35-23)37(5)24(39)25(3,4)16-10-17(26(28,29)30)12-18(11-16)27(31,32)33/h7-14H,6H2,1-5H3. The van der Waals surface area contributed by atoms with E-state index in [4.69, 9.17) is 0 Å². The summed E-state index contributed by atoms with van der Waals surface area (Å²) in [6.07, 6.45) is -5.43. The Bertz CT molecular complexity index is 1520. The highest BCUT2D eigenvalue weighted by molar-refractivity contribution is 6.08. The summed E-state index contributed by atoms with van der Waals surface area (Å²) in [6, 6.07) is 4.73. The Kier molecular flexibility index (Phi) is 6.95. The van der Waals surface area contributed by atoms with Gasteiger partial charge in [-0.3, -0.25) is 9.78 Å². The van der Waals surface area contributed by atoms with Gasteiger partial charge in [-0.05, 0) is 57.5 Å². The molecular weight excluding hydrogens is 524 g/mol. The first kappa shape index (κ1) is 28.1. The first-order valence-electron chi connectivity index (χ1n) is 11.9. The molecule has 0 aliphatic carbocycles. The molecule has 6 nitrogen and oxygen atoms in total. The molecule has 0 N–H and O–H groups in total. The third-order valence-corrected chi connectivity index (χ3v) is 6.73. The first-order valence-corrected chi connectivity index (χ1v) is 11.9. The molecule has 12 heteroatoms. The summed E-state index contributed by atoms with van der Waals surface area (Å²) in [5.41, 5.74) is -2.45. The average molecular weight is 550 g/mol. The predicted molar refractivity (Wildman–Crippen MR) is 134 cm³/mol. The Morgan fingerprint density at radius 1 is 0.949 bits per heavy atom. The monoisotopic (exact) mass is 549 g/mol. The van der Waals surface area contributed by atoms with Gasteiger partial charge >= 0.3 is 12.4 Å². The fourth-order valence-electron chi connectivity index (χ4n) is 4.50. The highest BCUT2D eigenvalue weighted by atomic mass is 19.4. The van der Waals surface area contributed by atoms with E-state index >= 15 is 0 Å². The van der Waals surface area contributed by atoms with E-state index in [1.54, 1.807) is 36.1 Å². The van der Waals surface area contributed by atoms with Gasteiger partial charge < -0.3 is 4.90 Å². The third-order valence-electron chi connectivity index (χ3n) is 6.73. The van der Waals surface area contributed by atoms with Crippen LogP contribution >= 0.6 is 0 Å². The quantitative estimate of drug-likeness (QED) is 0.257. The zero-order valence-electron chi connectivity index (χ0n) is 21.7. The number of aryl methyl sites for hydroxylation is 2. The second-order valence-electron chi connectivity index (χ2n) is 9.64. The number of alkyl halides is 6. The molecule has 206 valence electrons. The summed E-state index contributed by atoms with van der Waals surface area (Å²) in [5, 5.41) is 4.97. The second kappa shape index (κ2) is 9.65. The predicted octanol–water partition coefficient (Wildman–Crippen LogP) is 6.80. The van der Waals surface area contributed by atoms with E-state index in [2.05, 4.69) is 15.1 Å². The van der Waals surface area contributed by atoms with E-state index < -0.39 is 40.4 Å². The lowest BCUT2D eigenvalue weighted by atomic mass is 9.81. The number of benzene rings is 1. The molecule has 0 atom stereocenters. The second-order valence-corrected chi connectivity index (χ2v) is 9.64. The molecular formula is C27H25F6N5O. The minimum Gasteiger partial charge on any atom is -0.313 e. The van der Waals surface area contributed by atoms with Crippen LogP contribution in [0.15, 0.2) is 48.9 Å². The van der Waals surface area contributed by atoms with Crippen LogP contribution in [0.2, 0.25) is 0 Å². The number of amides is 1. The zero-order valence-corrected chi connectivity index (χ0v) is 21.7. The van der Waals surface area contributed by atoms with E-state index in [9.17, 15) is 31.1 Å². The van der Waals surface area contributed by atoms with Crippen LogP contribution in [0.1, 0.15) is 43.2 Å². The van der Waals surface area contributed by atoms with Crippen LogP contribution in [0, 0.1) is 6.92 Å². The van der Waals surface area contributed by atoms with Gasteiger partial charge in [0.05, 0.1) is 34.6 Å². The van der Waals surface area contributed by atoms with E-state index in [0.717, 1.165) is 0 Å². The van der Waals surface area contributed by atoms with Crippen molar-refractivity contribution in [3.8, 4) is 11.1 Å². The summed E-state index contributed by atoms with van der Waals surface area (Å²) >= 11 is 0. The van der Waals surface area contributed by atoms with Crippen LogP contribution in [-0.2, 0) is 29.1 Å². The third kappa shape index (κ3) is 5.07. The Morgan fingerprint density at radius 3 is 2.08 bits per heavy atom. The van der Waals surface area contributed by atoms with Crippen LogP contribution in [0.5, 0.6) is 0 Å². The molecule has 0 spiro atoms. The lowest BCUT2D eigenvalue weighted by Gasteiger charge is -2.32. The lowest BCUT2D eigenvalue weighted by Crippen LogP contribution is -2.42. The number of halogens is 6. The number of carbonyl (C=O) groups excluding carboxylic acids is 1. The molecule has 3 heterocycles. The molecule has 0 fully saturated rings. The summed E-state index contributed by atoms with van der Waals surface area (Å²) in [5.74, 6) is -0.734.